The molecule has 0 aliphatic carbocycles. The largest absolute Gasteiger partial charge is 0.425 e. The molecule has 146 valence electrons. The maximum Gasteiger partial charge on any atom is 0.425 e. The normalized spacial score (nSPS) is 11.4. The number of benzene rings is 2. The van der Waals surface area contributed by atoms with Crippen molar-refractivity contribution in [3.63, 3.8) is 0 Å². The van der Waals surface area contributed by atoms with Crippen LogP contribution in [0.4, 0.5) is 35.1 Å². The van der Waals surface area contributed by atoms with Crippen LogP contribution in [0.2, 0.25) is 0 Å². The van der Waals surface area contributed by atoms with Gasteiger partial charge in [-0.3, -0.25) is 0 Å². The SMILES string of the molecule is CCCc1cc(F)c(-c2cc(F)c(OC(F)(F)C=C(F)F)c(F)c2)c(F)c1. The van der Waals surface area contributed by atoms with E-state index in [-0.39, 0.29) is 0 Å². The van der Waals surface area contributed by atoms with Crippen molar-refractivity contribution in [2.45, 2.75) is 25.9 Å². The summed E-state index contributed by atoms with van der Waals surface area (Å²) in [5, 5.41) is 0. The molecule has 9 heteroatoms. The lowest BCUT2D eigenvalue weighted by molar-refractivity contribution is -0.137. The highest BCUT2D eigenvalue weighted by atomic mass is 19.3. The molecule has 0 aromatic heterocycles. The van der Waals surface area contributed by atoms with Gasteiger partial charge in [-0.15, -0.1) is 0 Å². The molecule has 0 unspecified atom stereocenters. The Labute approximate surface area is 148 Å². The van der Waals surface area contributed by atoms with E-state index in [2.05, 4.69) is 4.74 Å². The van der Waals surface area contributed by atoms with Crippen molar-refractivity contribution < 1.29 is 39.9 Å². The van der Waals surface area contributed by atoms with Crippen molar-refractivity contribution in [1.29, 1.82) is 0 Å². The number of halogens is 8. The monoisotopic (exact) mass is 396 g/mol. The van der Waals surface area contributed by atoms with Gasteiger partial charge in [0.15, 0.2) is 17.4 Å². The maximum atomic E-state index is 14.2. The van der Waals surface area contributed by atoms with Gasteiger partial charge in [-0.2, -0.15) is 17.6 Å². The Kier molecular flexibility index (Phi) is 6.12. The Hall–Kier alpha value is -2.58. The van der Waals surface area contributed by atoms with E-state index in [1.807, 2.05) is 0 Å². The topological polar surface area (TPSA) is 9.23 Å². The summed E-state index contributed by atoms with van der Waals surface area (Å²) < 4.78 is 110. The summed E-state index contributed by atoms with van der Waals surface area (Å²) in [7, 11) is 0. The fourth-order valence-corrected chi connectivity index (χ4v) is 2.43. The van der Waals surface area contributed by atoms with Crippen LogP contribution in [-0.2, 0) is 6.42 Å². The van der Waals surface area contributed by atoms with Crippen LogP contribution in [0.1, 0.15) is 18.9 Å². The van der Waals surface area contributed by atoms with Gasteiger partial charge < -0.3 is 4.74 Å². The molecular formula is C18H12F8O. The van der Waals surface area contributed by atoms with E-state index < -0.39 is 58.4 Å². The van der Waals surface area contributed by atoms with Gasteiger partial charge >= 0.3 is 6.11 Å². The number of hydrogen-bond acceptors (Lipinski definition) is 1. The van der Waals surface area contributed by atoms with Crippen LogP contribution in [0.3, 0.4) is 0 Å². The summed E-state index contributed by atoms with van der Waals surface area (Å²) in [6, 6.07) is 2.71. The Morgan fingerprint density at radius 2 is 1.44 bits per heavy atom. The van der Waals surface area contributed by atoms with Crippen LogP contribution < -0.4 is 4.74 Å². The molecule has 0 radical (unpaired) electrons. The predicted octanol–water partition coefficient (Wildman–Crippen LogP) is 6.61. The van der Waals surface area contributed by atoms with Crippen molar-refractivity contribution in [2.75, 3.05) is 0 Å². The third-order valence-electron chi connectivity index (χ3n) is 3.44. The number of ether oxygens (including phenoxy) is 1. The van der Waals surface area contributed by atoms with Gasteiger partial charge in [0.2, 0.25) is 0 Å². The quantitative estimate of drug-likeness (QED) is 0.499. The molecule has 0 N–H and O–H groups in total. The van der Waals surface area contributed by atoms with Crippen LogP contribution >= 0.6 is 0 Å². The average molecular weight is 396 g/mol. The van der Waals surface area contributed by atoms with Crippen LogP contribution in [-0.4, -0.2) is 6.11 Å². The first-order valence-corrected chi connectivity index (χ1v) is 7.62. The zero-order valence-corrected chi connectivity index (χ0v) is 13.7. The molecule has 0 aliphatic rings. The standard InChI is InChI=1S/C18H12F8O/c1-2-3-9-4-11(19)16(12(20)5-9)10-6-13(21)17(14(22)7-10)27-18(25,26)8-15(23)24/h4-8H,2-3H2,1H3. The van der Waals surface area contributed by atoms with Gasteiger partial charge in [-0.25, -0.2) is 17.6 Å². The predicted molar refractivity (Wildman–Crippen MR) is 81.6 cm³/mol. The third kappa shape index (κ3) is 4.99. The Bertz CT molecular complexity index is 826. The van der Waals surface area contributed by atoms with Gasteiger partial charge in [-0.05, 0) is 41.8 Å². The smallest absolute Gasteiger partial charge is 0.423 e. The average Bonchev–Trinajstić information content (AvgIpc) is 2.49. The van der Waals surface area contributed by atoms with Gasteiger partial charge in [-0.1, -0.05) is 13.3 Å². The Balaban J connectivity index is 2.47. The first-order chi connectivity index (χ1) is 12.5. The Morgan fingerprint density at radius 3 is 1.89 bits per heavy atom. The second-order valence-electron chi connectivity index (χ2n) is 5.55. The van der Waals surface area contributed by atoms with E-state index in [0.717, 1.165) is 12.1 Å². The first kappa shape index (κ1) is 20.7. The third-order valence-corrected chi connectivity index (χ3v) is 3.44. The van der Waals surface area contributed by atoms with Gasteiger partial charge in [0.1, 0.15) is 11.6 Å². The Morgan fingerprint density at radius 1 is 0.926 bits per heavy atom. The first-order valence-electron chi connectivity index (χ1n) is 7.62. The molecule has 0 saturated heterocycles. The molecule has 2 rings (SSSR count). The van der Waals surface area contributed by atoms with Crippen molar-refractivity contribution in [3.05, 3.63) is 65.3 Å². The zero-order chi connectivity index (χ0) is 20.4. The number of aryl methyl sites for hydroxylation is 1. The summed E-state index contributed by atoms with van der Waals surface area (Å²) in [6.07, 6.45) is -7.48. The molecule has 0 atom stereocenters. The van der Waals surface area contributed by atoms with E-state index in [1.54, 1.807) is 6.92 Å². The maximum absolute atomic E-state index is 14.2. The highest BCUT2D eigenvalue weighted by Gasteiger charge is 2.33. The lowest BCUT2D eigenvalue weighted by Crippen LogP contribution is -2.23. The van der Waals surface area contributed by atoms with Gasteiger partial charge in [0.05, 0.1) is 11.6 Å². The van der Waals surface area contributed by atoms with E-state index >= 15 is 0 Å². The fraction of sp³-hybridized carbons (Fsp3) is 0.222. The molecule has 27 heavy (non-hydrogen) atoms. The number of hydrogen-bond donors (Lipinski definition) is 0. The summed E-state index contributed by atoms with van der Waals surface area (Å²) in [5.41, 5.74) is -1.04. The molecule has 0 amide bonds. The van der Waals surface area contributed by atoms with E-state index in [1.165, 1.54) is 0 Å². The molecule has 0 saturated carbocycles. The van der Waals surface area contributed by atoms with Crippen molar-refractivity contribution in [1.82, 2.24) is 0 Å². The van der Waals surface area contributed by atoms with Gasteiger partial charge in [0.25, 0.3) is 6.08 Å². The zero-order valence-electron chi connectivity index (χ0n) is 13.7. The second-order valence-corrected chi connectivity index (χ2v) is 5.55. The molecule has 2 aromatic carbocycles. The van der Waals surface area contributed by atoms with Crippen LogP contribution in [0, 0.1) is 23.3 Å². The highest BCUT2D eigenvalue weighted by molar-refractivity contribution is 5.66. The molecule has 0 spiro atoms. The number of alkyl halides is 2. The molecule has 0 fully saturated rings. The van der Waals surface area contributed by atoms with Crippen molar-refractivity contribution in [3.8, 4) is 16.9 Å². The molecule has 0 aliphatic heterocycles. The summed E-state index contributed by atoms with van der Waals surface area (Å²) >= 11 is 0. The molecule has 0 heterocycles. The lowest BCUT2D eigenvalue weighted by Gasteiger charge is -2.16. The number of rotatable bonds is 6. The van der Waals surface area contributed by atoms with Crippen LogP contribution in [0.15, 0.2) is 36.4 Å². The van der Waals surface area contributed by atoms with Crippen LogP contribution in [0.25, 0.3) is 11.1 Å². The molecule has 0 bridgehead atoms. The molecule has 1 nitrogen and oxygen atoms in total. The molecule has 2 aromatic rings. The minimum atomic E-state index is -4.69. The second kappa shape index (κ2) is 7.98. The summed E-state index contributed by atoms with van der Waals surface area (Å²) in [6.45, 7) is 1.78. The summed E-state index contributed by atoms with van der Waals surface area (Å²) in [5.74, 6) is -7.34. The van der Waals surface area contributed by atoms with E-state index in [4.69, 9.17) is 0 Å². The lowest BCUT2D eigenvalue weighted by atomic mass is 10.00. The van der Waals surface area contributed by atoms with Gasteiger partial charge in [0, 0.05) is 0 Å². The fourth-order valence-electron chi connectivity index (χ4n) is 2.43. The van der Waals surface area contributed by atoms with Crippen LogP contribution in [0.5, 0.6) is 5.75 Å². The minimum Gasteiger partial charge on any atom is -0.423 e. The minimum absolute atomic E-state index is 0.330. The van der Waals surface area contributed by atoms with E-state index in [9.17, 15) is 35.1 Å². The molecular weight excluding hydrogens is 384 g/mol. The highest BCUT2D eigenvalue weighted by Crippen LogP contribution is 2.35. The van der Waals surface area contributed by atoms with E-state index in [0.29, 0.717) is 30.5 Å². The summed E-state index contributed by atoms with van der Waals surface area (Å²) in [4.78, 5) is 0. The van der Waals surface area contributed by atoms with Crippen molar-refractivity contribution in [2.24, 2.45) is 0 Å². The van der Waals surface area contributed by atoms with Crippen molar-refractivity contribution >= 4 is 0 Å².